The van der Waals surface area contributed by atoms with E-state index in [1.807, 2.05) is 61.5 Å². The molecular weight excluding hydrogens is 442 g/mol. The number of ether oxygens (including phenoxy) is 2. The molecule has 0 aliphatic rings. The molecule has 3 heterocycles. The van der Waals surface area contributed by atoms with Gasteiger partial charge >= 0.3 is 6.03 Å². The van der Waals surface area contributed by atoms with Crippen LogP contribution in [0.3, 0.4) is 0 Å². The summed E-state index contributed by atoms with van der Waals surface area (Å²) in [5.74, 6) is 1.92. The molecule has 0 aliphatic carbocycles. The van der Waals surface area contributed by atoms with Crippen LogP contribution < -0.4 is 20.1 Å². The molecule has 0 radical (unpaired) electrons. The van der Waals surface area contributed by atoms with E-state index in [9.17, 15) is 4.79 Å². The van der Waals surface area contributed by atoms with Crippen molar-refractivity contribution in [3.63, 3.8) is 0 Å². The number of benzene rings is 1. The van der Waals surface area contributed by atoms with Gasteiger partial charge in [-0.25, -0.2) is 9.78 Å². The van der Waals surface area contributed by atoms with Gasteiger partial charge in [0.05, 0.1) is 17.8 Å². The Bertz CT molecular complexity index is 1280. The van der Waals surface area contributed by atoms with Crippen LogP contribution in [0.2, 0.25) is 0 Å². The maximum atomic E-state index is 11.7. The topological polar surface area (TPSA) is 98.3 Å². The number of pyridine rings is 3. The number of rotatable bonds is 10. The van der Waals surface area contributed by atoms with Crippen LogP contribution in [0.5, 0.6) is 17.2 Å². The van der Waals surface area contributed by atoms with E-state index in [-0.39, 0.29) is 6.03 Å². The summed E-state index contributed by atoms with van der Waals surface area (Å²) in [6, 6.07) is 16.9. The predicted octanol–water partition coefficient (Wildman–Crippen LogP) is 5.13. The Morgan fingerprint density at radius 3 is 2.60 bits per heavy atom. The Kier molecular flexibility index (Phi) is 8.06. The lowest BCUT2D eigenvalue weighted by Gasteiger charge is -2.14. The molecule has 0 saturated heterocycles. The lowest BCUT2D eigenvalue weighted by Crippen LogP contribution is -2.37. The van der Waals surface area contributed by atoms with Crippen LogP contribution in [0.25, 0.3) is 22.3 Å². The number of hydrogen-bond donors (Lipinski definition) is 2. The number of carbonyl (C=O) groups excluding carboxylic acids is 1. The highest BCUT2D eigenvalue weighted by Crippen LogP contribution is 2.35. The smallest absolute Gasteiger partial charge is 0.314 e. The minimum absolute atomic E-state index is 0.194. The van der Waals surface area contributed by atoms with Crippen LogP contribution in [0.15, 0.2) is 67.0 Å². The summed E-state index contributed by atoms with van der Waals surface area (Å²) in [4.78, 5) is 25.4. The molecule has 0 spiro atoms. The number of amides is 2. The van der Waals surface area contributed by atoms with Gasteiger partial charge < -0.3 is 20.1 Å². The van der Waals surface area contributed by atoms with Crippen molar-refractivity contribution in [1.29, 1.82) is 0 Å². The third kappa shape index (κ3) is 6.23. The summed E-state index contributed by atoms with van der Waals surface area (Å²) in [6.45, 7) is 5.45. The van der Waals surface area contributed by atoms with Gasteiger partial charge in [-0.15, -0.1) is 0 Å². The number of nitrogens with one attached hydrogen (secondary N) is 2. The zero-order chi connectivity index (χ0) is 24.5. The average molecular weight is 472 g/mol. The lowest BCUT2D eigenvalue weighted by molar-refractivity contribution is 0.236. The molecule has 4 aromatic rings. The second-order valence-corrected chi connectivity index (χ2v) is 7.84. The summed E-state index contributed by atoms with van der Waals surface area (Å²) in [5, 5.41) is 6.35. The molecule has 2 N–H and O–H groups in total. The van der Waals surface area contributed by atoms with E-state index in [0.29, 0.717) is 42.6 Å². The van der Waals surface area contributed by atoms with Crippen LogP contribution in [-0.2, 0) is 6.42 Å². The van der Waals surface area contributed by atoms with Gasteiger partial charge in [-0.1, -0.05) is 19.9 Å². The van der Waals surface area contributed by atoms with Crippen LogP contribution in [0.1, 0.15) is 26.0 Å². The Morgan fingerprint density at radius 2 is 1.80 bits per heavy atom. The minimum Gasteiger partial charge on any atom is -0.492 e. The van der Waals surface area contributed by atoms with Crippen molar-refractivity contribution in [2.75, 3.05) is 19.7 Å². The first-order valence-electron chi connectivity index (χ1n) is 11.8. The van der Waals surface area contributed by atoms with E-state index in [4.69, 9.17) is 14.5 Å². The van der Waals surface area contributed by atoms with Gasteiger partial charge in [-0.2, -0.15) is 0 Å². The molecule has 35 heavy (non-hydrogen) atoms. The van der Waals surface area contributed by atoms with E-state index < -0.39 is 0 Å². The molecular formula is C27H29N5O3. The zero-order valence-electron chi connectivity index (χ0n) is 20.0. The largest absolute Gasteiger partial charge is 0.492 e. The van der Waals surface area contributed by atoms with E-state index in [2.05, 4.69) is 27.5 Å². The van der Waals surface area contributed by atoms with E-state index in [0.717, 1.165) is 35.1 Å². The highest BCUT2D eigenvalue weighted by atomic mass is 16.5. The van der Waals surface area contributed by atoms with Crippen molar-refractivity contribution < 1.29 is 14.3 Å². The molecule has 4 rings (SSSR count). The van der Waals surface area contributed by atoms with Gasteiger partial charge in [-0.3, -0.25) is 9.97 Å². The number of fused-ring (bicyclic) bond motifs is 1. The highest BCUT2D eigenvalue weighted by Gasteiger charge is 2.14. The maximum absolute atomic E-state index is 11.7. The van der Waals surface area contributed by atoms with Crippen molar-refractivity contribution in [3.05, 3.63) is 72.7 Å². The average Bonchev–Trinajstić information content (AvgIpc) is 2.91. The van der Waals surface area contributed by atoms with Crippen molar-refractivity contribution in [3.8, 4) is 28.6 Å². The molecule has 0 unspecified atom stereocenters. The maximum Gasteiger partial charge on any atom is 0.314 e. The monoisotopic (exact) mass is 471 g/mol. The molecule has 3 aromatic heterocycles. The third-order valence-electron chi connectivity index (χ3n) is 5.27. The molecule has 0 atom stereocenters. The van der Waals surface area contributed by atoms with Crippen molar-refractivity contribution in [2.45, 2.75) is 26.7 Å². The van der Waals surface area contributed by atoms with Crippen molar-refractivity contribution in [1.82, 2.24) is 25.6 Å². The van der Waals surface area contributed by atoms with E-state index >= 15 is 0 Å². The van der Waals surface area contributed by atoms with Crippen LogP contribution in [0.4, 0.5) is 4.79 Å². The second-order valence-electron chi connectivity index (χ2n) is 7.84. The first kappa shape index (κ1) is 23.9. The second kappa shape index (κ2) is 11.8. The summed E-state index contributed by atoms with van der Waals surface area (Å²) < 4.78 is 12.2. The fourth-order valence-corrected chi connectivity index (χ4v) is 3.48. The normalized spacial score (nSPS) is 10.7. The zero-order valence-corrected chi connectivity index (χ0v) is 20.0. The van der Waals surface area contributed by atoms with Crippen LogP contribution >= 0.6 is 0 Å². The molecule has 1 aromatic carbocycles. The molecule has 8 heteroatoms. The van der Waals surface area contributed by atoms with Gasteiger partial charge in [0.1, 0.15) is 23.8 Å². The van der Waals surface area contributed by atoms with E-state index in [1.54, 1.807) is 12.4 Å². The highest BCUT2D eigenvalue weighted by molar-refractivity contribution is 5.86. The van der Waals surface area contributed by atoms with Crippen LogP contribution in [-0.4, -0.2) is 40.7 Å². The third-order valence-corrected chi connectivity index (χ3v) is 5.27. The number of aryl methyl sites for hydroxylation is 1. The summed E-state index contributed by atoms with van der Waals surface area (Å²) in [5.41, 5.74) is 3.18. The van der Waals surface area contributed by atoms with Crippen molar-refractivity contribution in [2.24, 2.45) is 0 Å². The molecule has 180 valence electrons. The van der Waals surface area contributed by atoms with Gasteiger partial charge in [0.25, 0.3) is 0 Å². The molecule has 0 aliphatic heterocycles. The van der Waals surface area contributed by atoms with E-state index in [1.165, 1.54) is 0 Å². The lowest BCUT2D eigenvalue weighted by atomic mass is 10.1. The standard InChI is InChI=1S/C27H29N5O3/c1-3-13-30-27(33)31-16-17-34-20-9-10-22-21(18-20)24(12-15-29-22)35-25-11-8-19(4-2)32-26(25)23-7-5-6-14-28-23/h5-12,14-15,18H,3-4,13,16-17H2,1-2H3,(H2,30,31,33). The number of nitrogens with zero attached hydrogens (tertiary/aromatic N) is 3. The fraction of sp³-hybridized carbons (Fsp3) is 0.259. The predicted molar refractivity (Wildman–Crippen MR) is 136 cm³/mol. The summed E-state index contributed by atoms with van der Waals surface area (Å²) >= 11 is 0. The fourth-order valence-electron chi connectivity index (χ4n) is 3.48. The number of urea groups is 1. The Labute approximate surface area is 204 Å². The first-order valence-corrected chi connectivity index (χ1v) is 11.8. The molecule has 0 bridgehead atoms. The van der Waals surface area contributed by atoms with Gasteiger partial charge in [0.15, 0.2) is 5.75 Å². The minimum atomic E-state index is -0.194. The summed E-state index contributed by atoms with van der Waals surface area (Å²) in [7, 11) is 0. The van der Waals surface area contributed by atoms with Gasteiger partial charge in [0.2, 0.25) is 0 Å². The first-order chi connectivity index (χ1) is 17.2. The number of aromatic nitrogens is 3. The van der Waals surface area contributed by atoms with Gasteiger partial charge in [0, 0.05) is 30.0 Å². The number of carbonyl (C=O) groups is 1. The Morgan fingerprint density at radius 1 is 0.914 bits per heavy atom. The van der Waals surface area contributed by atoms with Gasteiger partial charge in [-0.05, 0) is 61.4 Å². The summed E-state index contributed by atoms with van der Waals surface area (Å²) in [6.07, 6.45) is 5.16. The van der Waals surface area contributed by atoms with Crippen molar-refractivity contribution >= 4 is 16.9 Å². The Balaban J connectivity index is 1.54. The Hall–Kier alpha value is -4.20. The molecule has 0 fully saturated rings. The van der Waals surface area contributed by atoms with Crippen LogP contribution in [0, 0.1) is 0 Å². The quantitative estimate of drug-likeness (QED) is 0.311. The molecule has 8 nitrogen and oxygen atoms in total. The number of hydrogen-bond acceptors (Lipinski definition) is 6. The molecule has 0 saturated carbocycles. The molecule has 2 amide bonds. The SMILES string of the molecule is CCCNC(=O)NCCOc1ccc2nccc(Oc3ccc(CC)nc3-c3ccccn3)c2c1.